The molecule has 2 heterocycles. The van der Waals surface area contributed by atoms with Crippen molar-refractivity contribution in [3.63, 3.8) is 0 Å². The van der Waals surface area contributed by atoms with Crippen LogP contribution in [-0.4, -0.2) is 15.8 Å². The highest BCUT2D eigenvalue weighted by molar-refractivity contribution is 5.85. The minimum atomic E-state index is -0.210. The number of aliphatic imine (C=N–C) groups is 1. The summed E-state index contributed by atoms with van der Waals surface area (Å²) < 4.78 is 15.6. The molecule has 0 aliphatic rings. The molecule has 134 valence electrons. The monoisotopic (exact) mass is 357 g/mol. The molecule has 2 aromatic carbocycles. The molecule has 0 aliphatic heterocycles. The number of nitrogens with zero attached hydrogens (tertiary/aromatic N) is 3. The van der Waals surface area contributed by atoms with E-state index >= 15 is 0 Å². The van der Waals surface area contributed by atoms with Gasteiger partial charge in [0.05, 0.1) is 11.2 Å². The summed E-state index contributed by atoms with van der Waals surface area (Å²) >= 11 is 0. The van der Waals surface area contributed by atoms with E-state index in [0.29, 0.717) is 5.56 Å². The highest BCUT2D eigenvalue weighted by Crippen LogP contribution is 2.24. The first-order valence-corrected chi connectivity index (χ1v) is 8.87. The Hall–Kier alpha value is -3.27. The molecule has 0 unspecified atom stereocenters. The lowest BCUT2D eigenvalue weighted by Gasteiger charge is -2.10. The first-order chi connectivity index (χ1) is 13.0. The molecule has 4 rings (SSSR count). The standard InChI is InChI=1S/C23H20FN3/c1-15-11-20(6-8-22(15)24)26-14-19-12-16(2)27(17(19)3)21-7-9-23-18(13-21)5-4-10-25-23/h4-14H,1-3H3. The van der Waals surface area contributed by atoms with Crippen molar-refractivity contribution >= 4 is 22.8 Å². The first-order valence-electron chi connectivity index (χ1n) is 8.87. The summed E-state index contributed by atoms with van der Waals surface area (Å²) in [5, 5.41) is 1.11. The van der Waals surface area contributed by atoms with E-state index in [-0.39, 0.29) is 5.82 Å². The summed E-state index contributed by atoms with van der Waals surface area (Å²) in [6.45, 7) is 5.91. The van der Waals surface area contributed by atoms with Gasteiger partial charge in [-0.15, -0.1) is 0 Å². The molecule has 0 spiro atoms. The molecule has 4 aromatic rings. The van der Waals surface area contributed by atoms with Crippen molar-refractivity contribution in [3.05, 3.63) is 89.1 Å². The Balaban J connectivity index is 1.72. The number of rotatable bonds is 3. The second kappa shape index (κ2) is 6.80. The predicted octanol–water partition coefficient (Wildman–Crippen LogP) is 5.84. The van der Waals surface area contributed by atoms with Crippen LogP contribution in [0.2, 0.25) is 0 Å². The molecule has 0 saturated heterocycles. The lowest BCUT2D eigenvalue weighted by atomic mass is 10.2. The molecule has 0 N–H and O–H groups in total. The minimum Gasteiger partial charge on any atom is -0.318 e. The zero-order valence-corrected chi connectivity index (χ0v) is 15.6. The number of fused-ring (bicyclic) bond motifs is 1. The van der Waals surface area contributed by atoms with Gasteiger partial charge in [-0.05, 0) is 74.9 Å². The average Bonchev–Trinajstić information content (AvgIpc) is 2.96. The summed E-state index contributed by atoms with van der Waals surface area (Å²) in [7, 11) is 0. The van der Waals surface area contributed by atoms with E-state index in [1.54, 1.807) is 25.3 Å². The molecule has 0 aliphatic carbocycles. The summed E-state index contributed by atoms with van der Waals surface area (Å²) in [5.41, 5.74) is 6.71. The average molecular weight is 357 g/mol. The number of pyridine rings is 1. The summed E-state index contributed by atoms with van der Waals surface area (Å²) in [4.78, 5) is 8.91. The molecular weight excluding hydrogens is 337 g/mol. The minimum absolute atomic E-state index is 0.210. The highest BCUT2D eigenvalue weighted by Gasteiger charge is 2.10. The van der Waals surface area contributed by atoms with Crippen molar-refractivity contribution < 1.29 is 4.39 Å². The van der Waals surface area contributed by atoms with Gasteiger partial charge in [0.2, 0.25) is 0 Å². The third kappa shape index (κ3) is 3.26. The quantitative estimate of drug-likeness (QED) is 0.424. The Morgan fingerprint density at radius 3 is 2.67 bits per heavy atom. The number of hydrogen-bond acceptors (Lipinski definition) is 2. The van der Waals surface area contributed by atoms with Crippen LogP contribution in [0.15, 0.2) is 65.8 Å². The molecule has 3 nitrogen and oxygen atoms in total. The third-order valence-corrected chi connectivity index (χ3v) is 4.81. The maximum Gasteiger partial charge on any atom is 0.126 e. The molecule has 0 fully saturated rings. The Bertz CT molecular complexity index is 1170. The molecule has 0 amide bonds. The van der Waals surface area contributed by atoms with Crippen molar-refractivity contribution in [2.75, 3.05) is 0 Å². The van der Waals surface area contributed by atoms with Crippen molar-refractivity contribution in [1.29, 1.82) is 0 Å². The number of halogens is 1. The number of hydrogen-bond donors (Lipinski definition) is 0. The fourth-order valence-electron chi connectivity index (χ4n) is 3.37. The van der Waals surface area contributed by atoms with Crippen LogP contribution in [0.25, 0.3) is 16.6 Å². The fourth-order valence-corrected chi connectivity index (χ4v) is 3.37. The number of aromatic nitrogens is 2. The van der Waals surface area contributed by atoms with E-state index in [1.165, 1.54) is 6.07 Å². The molecule has 27 heavy (non-hydrogen) atoms. The molecule has 0 bridgehead atoms. The third-order valence-electron chi connectivity index (χ3n) is 4.81. The summed E-state index contributed by atoms with van der Waals surface area (Å²) in [5.74, 6) is -0.210. The molecule has 0 radical (unpaired) electrons. The van der Waals surface area contributed by atoms with Crippen molar-refractivity contribution in [3.8, 4) is 5.69 Å². The van der Waals surface area contributed by atoms with Crippen LogP contribution in [0.1, 0.15) is 22.5 Å². The van der Waals surface area contributed by atoms with E-state index in [2.05, 4.69) is 52.7 Å². The van der Waals surface area contributed by atoms with Gasteiger partial charge in [-0.25, -0.2) is 4.39 Å². The number of benzene rings is 2. The van der Waals surface area contributed by atoms with Crippen LogP contribution in [0, 0.1) is 26.6 Å². The Labute approximate surface area is 157 Å². The first kappa shape index (κ1) is 17.2. The van der Waals surface area contributed by atoms with Crippen molar-refractivity contribution in [1.82, 2.24) is 9.55 Å². The van der Waals surface area contributed by atoms with E-state index in [0.717, 1.165) is 39.2 Å². The zero-order chi connectivity index (χ0) is 19.0. The van der Waals surface area contributed by atoms with Gasteiger partial charge < -0.3 is 4.57 Å². The van der Waals surface area contributed by atoms with E-state index in [9.17, 15) is 4.39 Å². The van der Waals surface area contributed by atoms with Gasteiger partial charge in [-0.1, -0.05) is 6.07 Å². The summed E-state index contributed by atoms with van der Waals surface area (Å²) in [6.07, 6.45) is 3.65. The van der Waals surface area contributed by atoms with Gasteiger partial charge in [-0.3, -0.25) is 9.98 Å². The fraction of sp³-hybridized carbons (Fsp3) is 0.130. The van der Waals surface area contributed by atoms with E-state index < -0.39 is 0 Å². The largest absolute Gasteiger partial charge is 0.318 e. The van der Waals surface area contributed by atoms with Crippen LogP contribution in [-0.2, 0) is 0 Å². The maximum atomic E-state index is 13.4. The van der Waals surface area contributed by atoms with Gasteiger partial charge in [0.1, 0.15) is 5.82 Å². The highest BCUT2D eigenvalue weighted by atomic mass is 19.1. The molecular formula is C23H20FN3. The van der Waals surface area contributed by atoms with Gasteiger partial charge in [0, 0.05) is 40.4 Å². The van der Waals surface area contributed by atoms with Gasteiger partial charge in [0.25, 0.3) is 0 Å². The van der Waals surface area contributed by atoms with E-state index in [4.69, 9.17) is 0 Å². The molecule has 0 saturated carbocycles. The van der Waals surface area contributed by atoms with Crippen molar-refractivity contribution in [2.45, 2.75) is 20.8 Å². The van der Waals surface area contributed by atoms with Crippen molar-refractivity contribution in [2.24, 2.45) is 4.99 Å². The van der Waals surface area contributed by atoms with Crippen LogP contribution >= 0.6 is 0 Å². The smallest absolute Gasteiger partial charge is 0.126 e. The topological polar surface area (TPSA) is 30.2 Å². The second-order valence-corrected chi connectivity index (χ2v) is 6.73. The van der Waals surface area contributed by atoms with Gasteiger partial charge >= 0.3 is 0 Å². The summed E-state index contributed by atoms with van der Waals surface area (Å²) in [6, 6.07) is 17.3. The normalized spacial score (nSPS) is 11.6. The Morgan fingerprint density at radius 1 is 1.00 bits per heavy atom. The lowest BCUT2D eigenvalue weighted by Crippen LogP contribution is -1.99. The van der Waals surface area contributed by atoms with E-state index in [1.807, 2.05) is 18.3 Å². The Kier molecular flexibility index (Phi) is 4.32. The van der Waals surface area contributed by atoms with Gasteiger partial charge in [0.15, 0.2) is 0 Å². The molecule has 4 heteroatoms. The van der Waals surface area contributed by atoms with Crippen LogP contribution in [0.4, 0.5) is 10.1 Å². The number of aryl methyl sites for hydroxylation is 2. The van der Waals surface area contributed by atoms with Crippen LogP contribution in [0.3, 0.4) is 0 Å². The molecule has 2 aromatic heterocycles. The maximum absolute atomic E-state index is 13.4. The van der Waals surface area contributed by atoms with Crippen LogP contribution in [0.5, 0.6) is 0 Å². The second-order valence-electron chi connectivity index (χ2n) is 6.73. The Morgan fingerprint density at radius 2 is 1.85 bits per heavy atom. The zero-order valence-electron chi connectivity index (χ0n) is 15.6. The lowest BCUT2D eigenvalue weighted by molar-refractivity contribution is 0.618. The van der Waals surface area contributed by atoms with Crippen LogP contribution < -0.4 is 0 Å². The predicted molar refractivity (Wildman–Crippen MR) is 109 cm³/mol. The molecule has 0 atom stereocenters. The van der Waals surface area contributed by atoms with Gasteiger partial charge in [-0.2, -0.15) is 0 Å². The SMILES string of the molecule is Cc1cc(N=Cc2cc(C)n(-c3ccc4ncccc4c3)c2C)ccc1F.